The van der Waals surface area contributed by atoms with E-state index in [1.165, 1.54) is 5.56 Å². The number of carbonyl (C=O) groups is 1. The molecule has 0 unspecified atom stereocenters. The van der Waals surface area contributed by atoms with Gasteiger partial charge < -0.3 is 4.74 Å². The Morgan fingerprint density at radius 2 is 1.92 bits per heavy atom. The highest BCUT2D eigenvalue weighted by Gasteiger charge is 2.08. The maximum absolute atomic E-state index is 11.9. The largest absolute Gasteiger partial charge is 0.483 e. The Balaban J connectivity index is 1.90. The first-order valence-corrected chi connectivity index (χ1v) is 9.05. The number of rotatable bonds is 6. The van der Waals surface area contributed by atoms with Gasteiger partial charge >= 0.3 is 0 Å². The molecule has 25 heavy (non-hydrogen) atoms. The third kappa shape index (κ3) is 5.87. The molecule has 2 aromatic carbocycles. The lowest BCUT2D eigenvalue weighted by Gasteiger charge is -2.11. The summed E-state index contributed by atoms with van der Waals surface area (Å²) in [6, 6.07) is 13.1. The van der Waals surface area contributed by atoms with E-state index in [-0.39, 0.29) is 12.5 Å². The fraction of sp³-hybridized carbons (Fsp3) is 0.263. The molecule has 0 aliphatic carbocycles. The van der Waals surface area contributed by atoms with Crippen LogP contribution < -0.4 is 10.2 Å². The Labute approximate surface area is 161 Å². The van der Waals surface area contributed by atoms with Crippen LogP contribution in [0.2, 0.25) is 5.02 Å². The Kier molecular flexibility index (Phi) is 7.02. The van der Waals surface area contributed by atoms with Crippen molar-refractivity contribution in [3.05, 3.63) is 63.1 Å². The van der Waals surface area contributed by atoms with E-state index in [9.17, 15) is 4.79 Å². The minimum Gasteiger partial charge on any atom is -0.483 e. The second-order valence-corrected chi connectivity index (χ2v) is 7.16. The lowest BCUT2D eigenvalue weighted by atomic mass is 10.0. The average molecular weight is 424 g/mol. The van der Waals surface area contributed by atoms with Crippen molar-refractivity contribution in [3.8, 4) is 5.75 Å². The molecule has 0 fully saturated rings. The van der Waals surface area contributed by atoms with E-state index in [1.54, 1.807) is 12.1 Å². The van der Waals surface area contributed by atoms with Crippen LogP contribution in [0, 0.1) is 0 Å². The van der Waals surface area contributed by atoms with Gasteiger partial charge in [0.05, 0.1) is 10.2 Å². The molecule has 0 aliphatic heterocycles. The van der Waals surface area contributed by atoms with Crippen molar-refractivity contribution < 1.29 is 9.53 Å². The summed E-state index contributed by atoms with van der Waals surface area (Å²) in [6.45, 7) is 5.94. The zero-order chi connectivity index (χ0) is 18.4. The Bertz CT molecular complexity index is 773. The van der Waals surface area contributed by atoms with Crippen LogP contribution in [0.5, 0.6) is 5.75 Å². The Morgan fingerprint density at radius 1 is 1.24 bits per heavy atom. The number of ether oxygens (including phenoxy) is 1. The second kappa shape index (κ2) is 9.02. The maximum Gasteiger partial charge on any atom is 0.277 e. The summed E-state index contributed by atoms with van der Waals surface area (Å²) < 4.78 is 6.37. The van der Waals surface area contributed by atoms with Crippen molar-refractivity contribution in [2.24, 2.45) is 5.10 Å². The molecule has 1 N–H and O–H groups in total. The first-order chi connectivity index (χ1) is 11.9. The summed E-state index contributed by atoms with van der Waals surface area (Å²) in [5, 5.41) is 4.73. The van der Waals surface area contributed by atoms with Crippen molar-refractivity contribution in [2.45, 2.75) is 26.7 Å². The van der Waals surface area contributed by atoms with Crippen LogP contribution >= 0.6 is 27.5 Å². The summed E-state index contributed by atoms with van der Waals surface area (Å²) in [5.74, 6) is 0.727. The molecule has 132 valence electrons. The third-order valence-electron chi connectivity index (χ3n) is 3.59. The van der Waals surface area contributed by atoms with Gasteiger partial charge in [0.2, 0.25) is 0 Å². The van der Waals surface area contributed by atoms with E-state index < -0.39 is 0 Å². The molecule has 1 amide bonds. The number of hydrazone groups is 1. The van der Waals surface area contributed by atoms with Crippen molar-refractivity contribution in [2.75, 3.05) is 6.61 Å². The zero-order valence-corrected chi connectivity index (χ0v) is 16.7. The van der Waals surface area contributed by atoms with E-state index in [4.69, 9.17) is 16.3 Å². The molecule has 0 radical (unpaired) electrons. The van der Waals surface area contributed by atoms with Gasteiger partial charge in [-0.25, -0.2) is 5.43 Å². The molecule has 6 heteroatoms. The fourth-order valence-corrected chi connectivity index (χ4v) is 2.71. The van der Waals surface area contributed by atoms with Gasteiger partial charge in [0.25, 0.3) is 5.91 Å². The summed E-state index contributed by atoms with van der Waals surface area (Å²) in [7, 11) is 0. The summed E-state index contributed by atoms with van der Waals surface area (Å²) in [6.07, 6.45) is 0. The third-order valence-corrected chi connectivity index (χ3v) is 4.46. The lowest BCUT2D eigenvalue weighted by molar-refractivity contribution is -0.123. The van der Waals surface area contributed by atoms with Crippen LogP contribution in [0.4, 0.5) is 0 Å². The number of nitrogens with one attached hydrogen (secondary N) is 1. The molecular weight excluding hydrogens is 404 g/mol. The molecule has 0 aromatic heterocycles. The summed E-state index contributed by atoms with van der Waals surface area (Å²) >= 11 is 9.32. The molecule has 2 aromatic rings. The summed E-state index contributed by atoms with van der Waals surface area (Å²) in [4.78, 5) is 11.9. The van der Waals surface area contributed by atoms with E-state index in [2.05, 4.69) is 40.3 Å². The van der Waals surface area contributed by atoms with Crippen LogP contribution in [-0.4, -0.2) is 18.2 Å². The Morgan fingerprint density at radius 3 is 2.52 bits per heavy atom. The van der Waals surface area contributed by atoms with Crippen LogP contribution in [0.1, 0.15) is 37.8 Å². The van der Waals surface area contributed by atoms with Gasteiger partial charge in [-0.15, -0.1) is 0 Å². The molecule has 2 rings (SSSR count). The molecule has 0 spiro atoms. The van der Waals surface area contributed by atoms with E-state index in [0.717, 1.165) is 10.0 Å². The molecule has 0 atom stereocenters. The quantitative estimate of drug-likeness (QED) is 0.516. The highest BCUT2D eigenvalue weighted by atomic mass is 79.9. The minimum absolute atomic E-state index is 0.114. The molecule has 0 heterocycles. The highest BCUT2D eigenvalue weighted by Crippen LogP contribution is 2.28. The number of halogens is 2. The Hall–Kier alpha value is -1.85. The predicted molar refractivity (Wildman–Crippen MR) is 106 cm³/mol. The van der Waals surface area contributed by atoms with E-state index >= 15 is 0 Å². The molecule has 0 saturated heterocycles. The van der Waals surface area contributed by atoms with Crippen molar-refractivity contribution in [1.29, 1.82) is 0 Å². The smallest absolute Gasteiger partial charge is 0.277 e. The fourth-order valence-electron chi connectivity index (χ4n) is 2.07. The topological polar surface area (TPSA) is 50.7 Å². The first-order valence-electron chi connectivity index (χ1n) is 7.88. The summed E-state index contributed by atoms with van der Waals surface area (Å²) in [5.41, 5.74) is 5.27. The van der Waals surface area contributed by atoms with E-state index in [1.807, 2.05) is 37.3 Å². The normalized spacial score (nSPS) is 11.5. The van der Waals surface area contributed by atoms with Crippen LogP contribution in [-0.2, 0) is 4.79 Å². The van der Waals surface area contributed by atoms with Gasteiger partial charge in [0, 0.05) is 5.02 Å². The van der Waals surface area contributed by atoms with Crippen molar-refractivity contribution in [1.82, 2.24) is 5.43 Å². The van der Waals surface area contributed by atoms with E-state index in [0.29, 0.717) is 22.4 Å². The number of benzene rings is 2. The van der Waals surface area contributed by atoms with Gasteiger partial charge in [-0.1, -0.05) is 43.6 Å². The lowest BCUT2D eigenvalue weighted by Crippen LogP contribution is -2.25. The van der Waals surface area contributed by atoms with Gasteiger partial charge in [-0.05, 0) is 64.2 Å². The second-order valence-electron chi connectivity index (χ2n) is 5.87. The van der Waals surface area contributed by atoms with Crippen molar-refractivity contribution >= 4 is 39.1 Å². The van der Waals surface area contributed by atoms with Gasteiger partial charge in [0.15, 0.2) is 6.61 Å². The molecule has 0 saturated carbocycles. The van der Waals surface area contributed by atoms with Gasteiger partial charge in [0.1, 0.15) is 5.75 Å². The van der Waals surface area contributed by atoms with Crippen LogP contribution in [0.15, 0.2) is 52.0 Å². The standard InChI is InChI=1S/C19H20BrClN2O2/c1-12(2)15-6-9-18(17(20)10-15)25-11-19(24)23-22-13(3)14-4-7-16(21)8-5-14/h4-10,12H,11H2,1-3H3,(H,23,24). The molecule has 4 nitrogen and oxygen atoms in total. The first kappa shape index (κ1) is 19.5. The number of hydrogen-bond acceptors (Lipinski definition) is 3. The molecule has 0 aliphatic rings. The number of hydrogen-bond donors (Lipinski definition) is 1. The zero-order valence-electron chi connectivity index (χ0n) is 14.3. The van der Waals surface area contributed by atoms with Crippen LogP contribution in [0.25, 0.3) is 0 Å². The van der Waals surface area contributed by atoms with Gasteiger partial charge in [-0.3, -0.25) is 4.79 Å². The number of amides is 1. The number of carbonyl (C=O) groups excluding carboxylic acids is 1. The molecular formula is C19H20BrClN2O2. The average Bonchev–Trinajstić information content (AvgIpc) is 2.59. The minimum atomic E-state index is -0.326. The predicted octanol–water partition coefficient (Wildman–Crippen LogP) is 5.15. The van der Waals surface area contributed by atoms with Crippen molar-refractivity contribution in [3.63, 3.8) is 0 Å². The monoisotopic (exact) mass is 422 g/mol. The number of nitrogens with zero attached hydrogens (tertiary/aromatic N) is 1. The van der Waals surface area contributed by atoms with Crippen LogP contribution in [0.3, 0.4) is 0 Å². The SMILES string of the molecule is CC(=NNC(=O)COc1ccc(C(C)C)cc1Br)c1ccc(Cl)cc1. The molecule has 0 bridgehead atoms. The maximum atomic E-state index is 11.9. The van der Waals surface area contributed by atoms with Gasteiger partial charge in [-0.2, -0.15) is 5.10 Å². The highest BCUT2D eigenvalue weighted by molar-refractivity contribution is 9.10.